The Bertz CT molecular complexity index is 296. The number of aryl methyl sites for hydroxylation is 1. The van der Waals surface area contributed by atoms with Crippen molar-refractivity contribution in [2.75, 3.05) is 19.0 Å². The molecule has 1 aromatic heterocycles. The van der Waals surface area contributed by atoms with Crippen molar-refractivity contribution in [3.05, 3.63) is 23.9 Å². The molecule has 84 valence electrons. The monoisotopic (exact) mass is 207 g/mol. The van der Waals surface area contributed by atoms with Crippen LogP contribution in [0.5, 0.6) is 0 Å². The van der Waals surface area contributed by atoms with Gasteiger partial charge in [-0.05, 0) is 38.3 Å². The van der Waals surface area contributed by atoms with E-state index in [0.29, 0.717) is 0 Å². The molecule has 0 atom stereocenters. The highest BCUT2D eigenvalue weighted by atomic mass is 15.1. The molecule has 1 rings (SSSR count). The van der Waals surface area contributed by atoms with Crippen LogP contribution in [0.15, 0.2) is 18.3 Å². The summed E-state index contributed by atoms with van der Waals surface area (Å²) >= 11 is 0. The van der Waals surface area contributed by atoms with E-state index in [1.54, 1.807) is 0 Å². The molecule has 0 bridgehead atoms. The summed E-state index contributed by atoms with van der Waals surface area (Å²) in [5, 5.41) is 0. The Morgan fingerprint density at radius 3 is 2.40 bits per heavy atom. The van der Waals surface area contributed by atoms with Crippen LogP contribution in [0.25, 0.3) is 0 Å². The highest BCUT2D eigenvalue weighted by Crippen LogP contribution is 2.12. The van der Waals surface area contributed by atoms with E-state index >= 15 is 0 Å². The maximum atomic E-state index is 5.93. The van der Waals surface area contributed by atoms with E-state index < -0.39 is 0 Å². The molecule has 0 amide bonds. The molecule has 1 aromatic rings. The van der Waals surface area contributed by atoms with Crippen LogP contribution in [-0.2, 0) is 6.42 Å². The first-order valence-electron chi connectivity index (χ1n) is 5.29. The summed E-state index contributed by atoms with van der Waals surface area (Å²) in [7, 11) is 3.98. The first-order chi connectivity index (χ1) is 6.88. The van der Waals surface area contributed by atoms with E-state index in [2.05, 4.69) is 24.9 Å². The molecule has 0 fully saturated rings. The van der Waals surface area contributed by atoms with Crippen LogP contribution in [-0.4, -0.2) is 24.6 Å². The van der Waals surface area contributed by atoms with Crippen molar-refractivity contribution in [2.45, 2.75) is 32.2 Å². The van der Waals surface area contributed by atoms with Gasteiger partial charge in [-0.15, -0.1) is 0 Å². The van der Waals surface area contributed by atoms with Crippen molar-refractivity contribution in [1.29, 1.82) is 0 Å². The van der Waals surface area contributed by atoms with Gasteiger partial charge in [-0.3, -0.25) is 0 Å². The number of rotatable bonds is 4. The lowest BCUT2D eigenvalue weighted by molar-refractivity contribution is 0.476. The van der Waals surface area contributed by atoms with Gasteiger partial charge in [0, 0.05) is 25.8 Å². The lowest BCUT2D eigenvalue weighted by Crippen LogP contribution is -2.32. The van der Waals surface area contributed by atoms with Crippen LogP contribution in [0, 0.1) is 0 Å². The third-order valence-corrected chi connectivity index (χ3v) is 2.33. The molecule has 0 spiro atoms. The quantitative estimate of drug-likeness (QED) is 0.819. The zero-order valence-electron chi connectivity index (χ0n) is 10.1. The van der Waals surface area contributed by atoms with Crippen molar-refractivity contribution < 1.29 is 0 Å². The van der Waals surface area contributed by atoms with Gasteiger partial charge in [-0.1, -0.05) is 6.07 Å². The van der Waals surface area contributed by atoms with Gasteiger partial charge in [0.1, 0.15) is 5.82 Å². The zero-order valence-corrected chi connectivity index (χ0v) is 10.1. The molecule has 0 saturated carbocycles. The lowest BCUT2D eigenvalue weighted by atomic mass is 9.97. The Labute approximate surface area is 92.3 Å². The molecule has 2 N–H and O–H groups in total. The maximum absolute atomic E-state index is 5.93. The van der Waals surface area contributed by atoms with Gasteiger partial charge < -0.3 is 10.6 Å². The highest BCUT2D eigenvalue weighted by Gasteiger charge is 2.10. The summed E-state index contributed by atoms with van der Waals surface area (Å²) in [4.78, 5) is 6.36. The fourth-order valence-corrected chi connectivity index (χ4v) is 1.30. The number of hydrogen-bond donors (Lipinski definition) is 1. The number of anilines is 1. The Hall–Kier alpha value is -1.09. The van der Waals surface area contributed by atoms with Gasteiger partial charge in [-0.2, -0.15) is 0 Å². The average Bonchev–Trinajstić information content (AvgIpc) is 2.14. The minimum absolute atomic E-state index is 0.0970. The van der Waals surface area contributed by atoms with Crippen molar-refractivity contribution in [3.8, 4) is 0 Å². The normalized spacial score (nSPS) is 11.5. The maximum Gasteiger partial charge on any atom is 0.127 e. The largest absolute Gasteiger partial charge is 0.363 e. The molecule has 0 radical (unpaired) electrons. The summed E-state index contributed by atoms with van der Waals surface area (Å²) < 4.78 is 0. The van der Waals surface area contributed by atoms with E-state index in [0.717, 1.165) is 18.7 Å². The summed E-state index contributed by atoms with van der Waals surface area (Å²) in [6.45, 7) is 4.10. The van der Waals surface area contributed by atoms with Crippen LogP contribution >= 0.6 is 0 Å². The summed E-state index contributed by atoms with van der Waals surface area (Å²) in [6, 6.07) is 4.16. The van der Waals surface area contributed by atoms with Crippen LogP contribution in [0.1, 0.15) is 25.8 Å². The predicted molar refractivity (Wildman–Crippen MR) is 65.2 cm³/mol. The SMILES string of the molecule is CN(C)c1ccc(CCC(C)(C)N)cn1. The highest BCUT2D eigenvalue weighted by molar-refractivity contribution is 5.37. The molecule has 0 unspecified atom stereocenters. The van der Waals surface area contributed by atoms with Crippen LogP contribution in [0.3, 0.4) is 0 Å². The molecule has 0 aliphatic heterocycles. The van der Waals surface area contributed by atoms with Crippen molar-refractivity contribution in [3.63, 3.8) is 0 Å². The molecular formula is C12H21N3. The minimum Gasteiger partial charge on any atom is -0.363 e. The smallest absolute Gasteiger partial charge is 0.127 e. The van der Waals surface area contributed by atoms with E-state index in [-0.39, 0.29) is 5.54 Å². The number of aromatic nitrogens is 1. The summed E-state index contributed by atoms with van der Waals surface area (Å²) in [6.07, 6.45) is 3.90. The molecule has 1 heterocycles. The van der Waals surface area contributed by atoms with Gasteiger partial charge in [0.05, 0.1) is 0 Å². The Morgan fingerprint density at radius 2 is 2.00 bits per heavy atom. The second kappa shape index (κ2) is 4.62. The molecule has 3 heteroatoms. The first kappa shape index (κ1) is 12.0. The van der Waals surface area contributed by atoms with Crippen molar-refractivity contribution in [1.82, 2.24) is 4.98 Å². The van der Waals surface area contributed by atoms with Gasteiger partial charge in [0.25, 0.3) is 0 Å². The number of hydrogen-bond acceptors (Lipinski definition) is 3. The molecule has 15 heavy (non-hydrogen) atoms. The number of nitrogens with two attached hydrogens (primary N) is 1. The second-order valence-corrected chi connectivity index (χ2v) is 4.91. The fraction of sp³-hybridized carbons (Fsp3) is 0.583. The van der Waals surface area contributed by atoms with E-state index in [1.807, 2.05) is 31.3 Å². The first-order valence-corrected chi connectivity index (χ1v) is 5.29. The van der Waals surface area contributed by atoms with Gasteiger partial charge in [-0.25, -0.2) is 4.98 Å². The molecule has 3 nitrogen and oxygen atoms in total. The Balaban J connectivity index is 2.57. The van der Waals surface area contributed by atoms with E-state index in [1.165, 1.54) is 5.56 Å². The third-order valence-electron chi connectivity index (χ3n) is 2.33. The predicted octanol–water partition coefficient (Wildman–Crippen LogP) is 1.82. The number of nitrogens with zero attached hydrogens (tertiary/aromatic N) is 2. The lowest BCUT2D eigenvalue weighted by Gasteiger charge is -2.18. The van der Waals surface area contributed by atoms with Gasteiger partial charge in [0.2, 0.25) is 0 Å². The molecule has 0 aliphatic carbocycles. The van der Waals surface area contributed by atoms with Crippen molar-refractivity contribution in [2.24, 2.45) is 5.73 Å². The minimum atomic E-state index is -0.0970. The molecular weight excluding hydrogens is 186 g/mol. The summed E-state index contributed by atoms with van der Waals surface area (Å²) in [5.74, 6) is 0.991. The van der Waals surface area contributed by atoms with Gasteiger partial charge >= 0.3 is 0 Å². The van der Waals surface area contributed by atoms with Crippen LogP contribution in [0.2, 0.25) is 0 Å². The molecule has 0 aliphatic rings. The number of pyridine rings is 1. The van der Waals surface area contributed by atoms with E-state index in [9.17, 15) is 0 Å². The van der Waals surface area contributed by atoms with Crippen LogP contribution < -0.4 is 10.6 Å². The van der Waals surface area contributed by atoms with Crippen molar-refractivity contribution >= 4 is 5.82 Å². The van der Waals surface area contributed by atoms with Gasteiger partial charge in [0.15, 0.2) is 0 Å². The molecule has 0 saturated heterocycles. The molecule has 0 aromatic carbocycles. The average molecular weight is 207 g/mol. The fourth-order valence-electron chi connectivity index (χ4n) is 1.30. The summed E-state index contributed by atoms with van der Waals surface area (Å²) in [5.41, 5.74) is 7.08. The Morgan fingerprint density at radius 1 is 1.33 bits per heavy atom. The second-order valence-electron chi connectivity index (χ2n) is 4.91. The Kier molecular flexibility index (Phi) is 3.69. The topological polar surface area (TPSA) is 42.1 Å². The zero-order chi connectivity index (χ0) is 11.5. The van der Waals surface area contributed by atoms with E-state index in [4.69, 9.17) is 5.73 Å². The standard InChI is InChI=1S/C12H21N3/c1-12(2,13)8-7-10-5-6-11(14-9-10)15(3)4/h5-6,9H,7-8,13H2,1-4H3. The van der Waals surface area contributed by atoms with Crippen LogP contribution in [0.4, 0.5) is 5.82 Å². The third kappa shape index (κ3) is 4.30.